The number of nitrogens with one attached hydrogen (secondary N) is 3. The molecule has 3 aromatic rings. The van der Waals surface area contributed by atoms with Gasteiger partial charge in [0.15, 0.2) is 11.6 Å². The van der Waals surface area contributed by atoms with E-state index < -0.39 is 28.9 Å². The number of aliphatic hydroxyl groups excluding tert-OH is 1. The molecule has 214 valence electrons. The van der Waals surface area contributed by atoms with E-state index in [0.717, 1.165) is 18.9 Å². The largest absolute Gasteiger partial charge is 0.454 e. The van der Waals surface area contributed by atoms with Crippen LogP contribution in [0.2, 0.25) is 0 Å². The van der Waals surface area contributed by atoms with E-state index in [1.807, 2.05) is 0 Å². The Balaban J connectivity index is 1.17. The van der Waals surface area contributed by atoms with E-state index in [1.54, 1.807) is 4.90 Å². The van der Waals surface area contributed by atoms with E-state index in [2.05, 4.69) is 20.9 Å². The second kappa shape index (κ2) is 11.9. The average Bonchev–Trinajstić information content (AvgIpc) is 3.79. The molecule has 0 bridgehead atoms. The summed E-state index contributed by atoms with van der Waals surface area (Å²) >= 11 is 0. The van der Waals surface area contributed by atoms with Gasteiger partial charge in [-0.05, 0) is 74.1 Å². The van der Waals surface area contributed by atoms with E-state index in [-0.39, 0.29) is 41.6 Å². The third-order valence-electron chi connectivity index (χ3n) is 7.27. The molecule has 4 N–H and O–H groups in total. The first-order valence-electron chi connectivity index (χ1n) is 13.2. The van der Waals surface area contributed by atoms with Crippen LogP contribution in [0.4, 0.5) is 30.8 Å². The summed E-state index contributed by atoms with van der Waals surface area (Å²) in [5.41, 5.74) is -0.773. The lowest BCUT2D eigenvalue weighted by molar-refractivity contribution is -0.131. The third-order valence-corrected chi connectivity index (χ3v) is 7.27. The number of carbonyl (C=O) groups is 3. The number of urea groups is 1. The molecule has 1 aliphatic carbocycles. The molecule has 10 nitrogen and oxygen atoms in total. The van der Waals surface area contributed by atoms with Crippen LogP contribution in [-0.2, 0) is 9.59 Å². The molecule has 0 spiro atoms. The van der Waals surface area contributed by atoms with Gasteiger partial charge >= 0.3 is 6.03 Å². The highest BCUT2D eigenvalue weighted by molar-refractivity contribution is 6.16. The lowest BCUT2D eigenvalue weighted by Gasteiger charge is -2.30. The number of rotatable bonds is 8. The fourth-order valence-electron chi connectivity index (χ4n) is 4.56. The Morgan fingerprint density at radius 2 is 1.59 bits per heavy atom. The lowest BCUT2D eigenvalue weighted by Crippen LogP contribution is -2.41. The molecular formula is C29H29F2N5O5. The molecule has 1 saturated heterocycles. The van der Waals surface area contributed by atoms with Gasteiger partial charge in [0.1, 0.15) is 22.8 Å². The number of benzene rings is 2. The Hall–Kier alpha value is -4.58. The fourth-order valence-corrected chi connectivity index (χ4v) is 4.56. The zero-order valence-corrected chi connectivity index (χ0v) is 22.0. The topological polar surface area (TPSA) is 133 Å². The Morgan fingerprint density at radius 3 is 2.22 bits per heavy atom. The first-order chi connectivity index (χ1) is 19.8. The number of hydrogen-bond donors (Lipinski definition) is 4. The van der Waals surface area contributed by atoms with Crippen molar-refractivity contribution in [3.63, 3.8) is 0 Å². The molecule has 1 aromatic heterocycles. The van der Waals surface area contributed by atoms with Crippen LogP contribution in [0.1, 0.15) is 25.7 Å². The zero-order valence-electron chi connectivity index (χ0n) is 22.0. The molecule has 0 unspecified atom stereocenters. The average molecular weight is 566 g/mol. The van der Waals surface area contributed by atoms with Crippen molar-refractivity contribution in [3.05, 3.63) is 72.4 Å². The minimum atomic E-state index is -1.29. The van der Waals surface area contributed by atoms with Gasteiger partial charge in [-0.2, -0.15) is 0 Å². The van der Waals surface area contributed by atoms with Gasteiger partial charge < -0.3 is 25.4 Å². The van der Waals surface area contributed by atoms with E-state index in [1.165, 1.54) is 54.7 Å². The first kappa shape index (κ1) is 28.0. The number of aliphatic hydroxyl groups is 1. The van der Waals surface area contributed by atoms with Gasteiger partial charge in [0.2, 0.25) is 11.8 Å². The predicted molar refractivity (Wildman–Crippen MR) is 146 cm³/mol. The maximum absolute atomic E-state index is 14.9. The molecule has 0 radical (unpaired) electrons. The molecule has 12 heteroatoms. The van der Waals surface area contributed by atoms with Gasteiger partial charge in [0.25, 0.3) is 0 Å². The number of amides is 4. The summed E-state index contributed by atoms with van der Waals surface area (Å²) in [6.45, 7) is 1.17. The quantitative estimate of drug-likeness (QED) is 0.292. The molecule has 4 amide bonds. The highest BCUT2D eigenvalue weighted by Crippen LogP contribution is 2.47. The molecule has 2 heterocycles. The molecule has 41 heavy (non-hydrogen) atoms. The predicted octanol–water partition coefficient (Wildman–Crippen LogP) is 4.75. The summed E-state index contributed by atoms with van der Waals surface area (Å²) < 4.78 is 33.7. The summed E-state index contributed by atoms with van der Waals surface area (Å²) in [6.07, 6.45) is 3.52. The Morgan fingerprint density at radius 1 is 0.927 bits per heavy atom. The molecule has 1 aliphatic heterocycles. The van der Waals surface area contributed by atoms with Crippen molar-refractivity contribution in [2.75, 3.05) is 35.6 Å². The molecule has 2 fully saturated rings. The fraction of sp³-hybridized carbons (Fsp3) is 0.310. The summed E-state index contributed by atoms with van der Waals surface area (Å²) in [4.78, 5) is 44.0. The lowest BCUT2D eigenvalue weighted by atomic mass is 9.98. The Bertz CT molecular complexity index is 1440. The molecule has 5 rings (SSSR count). The van der Waals surface area contributed by atoms with Crippen LogP contribution in [0.25, 0.3) is 0 Å². The van der Waals surface area contributed by atoms with Crippen molar-refractivity contribution >= 4 is 35.0 Å². The maximum Gasteiger partial charge on any atom is 0.323 e. The highest BCUT2D eigenvalue weighted by Gasteiger charge is 2.56. The first-order valence-corrected chi connectivity index (χ1v) is 13.2. The third kappa shape index (κ3) is 6.60. The summed E-state index contributed by atoms with van der Waals surface area (Å²) in [5.74, 6) is -1.74. The molecule has 2 aliphatic rings. The standard InChI is InChI=1S/C29H29F2N5O5/c30-19-1-3-20(4-2-19)33-26(38)29(10-11-29)27(39)34-21-5-6-24(23(31)15-21)41-22-7-12-32-25(16-22)35-28(40)36-13-8-18(17-37)9-14-36/h1-7,12,15-16,18,37H,8-11,13-14,17H2,(H,33,38)(H,34,39)(H,32,35,40). The minimum Gasteiger partial charge on any atom is -0.454 e. The number of pyridine rings is 1. The van der Waals surface area contributed by atoms with E-state index in [9.17, 15) is 28.3 Å². The van der Waals surface area contributed by atoms with Crippen LogP contribution in [-0.4, -0.2) is 52.5 Å². The van der Waals surface area contributed by atoms with Crippen molar-refractivity contribution in [2.24, 2.45) is 11.3 Å². The van der Waals surface area contributed by atoms with Crippen molar-refractivity contribution in [2.45, 2.75) is 25.7 Å². The SMILES string of the molecule is O=C(Nc1cc(Oc2ccc(NC(=O)C3(C(=O)Nc4ccc(F)cc4)CC3)cc2F)ccn1)N1CCC(CO)CC1. The molecular weight excluding hydrogens is 536 g/mol. The van der Waals surface area contributed by atoms with Gasteiger partial charge in [-0.3, -0.25) is 14.9 Å². The molecule has 1 saturated carbocycles. The number of likely N-dealkylation sites (tertiary alicyclic amines) is 1. The van der Waals surface area contributed by atoms with Crippen LogP contribution in [0, 0.1) is 23.0 Å². The number of aromatic nitrogens is 1. The number of hydrogen-bond acceptors (Lipinski definition) is 6. The van der Waals surface area contributed by atoms with Gasteiger partial charge in [0.05, 0.1) is 0 Å². The number of ether oxygens (including phenoxy) is 1. The highest BCUT2D eigenvalue weighted by atomic mass is 19.1. The van der Waals surface area contributed by atoms with Crippen molar-refractivity contribution in [1.29, 1.82) is 0 Å². The summed E-state index contributed by atoms with van der Waals surface area (Å²) in [5, 5.41) is 17.2. The van der Waals surface area contributed by atoms with Gasteiger partial charge in [0, 0.05) is 49.4 Å². The zero-order chi connectivity index (χ0) is 29.0. The Kier molecular flexibility index (Phi) is 8.11. The van der Waals surface area contributed by atoms with Crippen molar-refractivity contribution < 1.29 is 33.0 Å². The maximum atomic E-state index is 14.9. The number of anilines is 3. The number of nitrogens with zero attached hydrogens (tertiary/aromatic N) is 2. The van der Waals surface area contributed by atoms with Crippen LogP contribution >= 0.6 is 0 Å². The Labute approximate surface area is 234 Å². The van der Waals surface area contributed by atoms with E-state index in [4.69, 9.17) is 4.74 Å². The normalized spacial score (nSPS) is 16.0. The van der Waals surface area contributed by atoms with Gasteiger partial charge in [-0.25, -0.2) is 18.6 Å². The van der Waals surface area contributed by atoms with Gasteiger partial charge in [-0.1, -0.05) is 0 Å². The van der Waals surface area contributed by atoms with Gasteiger partial charge in [-0.15, -0.1) is 0 Å². The number of carbonyl (C=O) groups excluding carboxylic acids is 3. The van der Waals surface area contributed by atoms with E-state index in [0.29, 0.717) is 31.6 Å². The smallest absolute Gasteiger partial charge is 0.323 e. The van der Waals surface area contributed by atoms with Crippen molar-refractivity contribution in [1.82, 2.24) is 9.88 Å². The number of piperidine rings is 1. The van der Waals surface area contributed by atoms with Crippen LogP contribution in [0.15, 0.2) is 60.8 Å². The van der Waals surface area contributed by atoms with Crippen LogP contribution in [0.3, 0.4) is 0 Å². The second-order valence-corrected chi connectivity index (χ2v) is 10.2. The molecule has 0 atom stereocenters. The summed E-state index contributed by atoms with van der Waals surface area (Å²) in [7, 11) is 0. The minimum absolute atomic E-state index is 0.108. The molecule has 2 aromatic carbocycles. The van der Waals surface area contributed by atoms with Crippen molar-refractivity contribution in [3.8, 4) is 11.5 Å². The number of halogens is 2. The second-order valence-electron chi connectivity index (χ2n) is 10.2. The van der Waals surface area contributed by atoms with E-state index >= 15 is 0 Å². The summed E-state index contributed by atoms with van der Waals surface area (Å²) in [6, 6.07) is 11.7. The monoisotopic (exact) mass is 565 g/mol. The van der Waals surface area contributed by atoms with Crippen LogP contribution in [0.5, 0.6) is 11.5 Å². The van der Waals surface area contributed by atoms with Crippen LogP contribution < -0.4 is 20.7 Å².